The monoisotopic (exact) mass is 478 g/mol. The van der Waals surface area contributed by atoms with Crippen molar-refractivity contribution in [2.75, 3.05) is 13.2 Å². The Balaban J connectivity index is 1.48. The first-order valence-electron chi connectivity index (χ1n) is 12.1. The van der Waals surface area contributed by atoms with E-state index < -0.39 is 30.7 Å². The van der Waals surface area contributed by atoms with E-state index in [1.165, 1.54) is 0 Å². The number of benzene rings is 3. The third-order valence-electron chi connectivity index (χ3n) is 5.91. The first kappa shape index (κ1) is 25.5. The summed E-state index contributed by atoms with van der Waals surface area (Å²) in [6.45, 7) is 3.75. The smallest absolute Gasteiger partial charge is 0.186 e. The van der Waals surface area contributed by atoms with E-state index in [0.717, 1.165) is 16.7 Å². The topological polar surface area (TPSA) is 66.4 Å². The van der Waals surface area contributed by atoms with Crippen molar-refractivity contribution in [3.63, 3.8) is 0 Å². The Bertz CT molecular complexity index is 968. The lowest BCUT2D eigenvalue weighted by Crippen LogP contribution is -2.44. The van der Waals surface area contributed by atoms with Crippen LogP contribution in [0.25, 0.3) is 0 Å². The summed E-state index contributed by atoms with van der Waals surface area (Å²) in [6.07, 6.45) is -3.40. The maximum atomic E-state index is 11.0. The molecule has 0 saturated carbocycles. The lowest BCUT2D eigenvalue weighted by molar-refractivity contribution is -0.189. The van der Waals surface area contributed by atoms with Crippen molar-refractivity contribution < 1.29 is 28.8 Å². The summed E-state index contributed by atoms with van der Waals surface area (Å²) in [4.78, 5) is 0. The minimum absolute atomic E-state index is 0.281. The van der Waals surface area contributed by atoms with E-state index in [4.69, 9.17) is 23.7 Å². The third-order valence-corrected chi connectivity index (χ3v) is 5.91. The molecule has 35 heavy (non-hydrogen) atoms. The van der Waals surface area contributed by atoms with E-state index in [2.05, 4.69) is 0 Å². The van der Waals surface area contributed by atoms with E-state index in [0.29, 0.717) is 26.4 Å². The van der Waals surface area contributed by atoms with Gasteiger partial charge in [0.2, 0.25) is 0 Å². The highest BCUT2D eigenvalue weighted by molar-refractivity contribution is 5.15. The van der Waals surface area contributed by atoms with Gasteiger partial charge in [-0.3, -0.25) is 0 Å². The summed E-state index contributed by atoms with van der Waals surface area (Å²) in [5.41, 5.74) is 3.13. The number of ether oxygens (including phenoxy) is 5. The minimum atomic E-state index is -0.944. The van der Waals surface area contributed by atoms with Crippen LogP contribution in [-0.4, -0.2) is 49.0 Å². The summed E-state index contributed by atoms with van der Waals surface area (Å²) in [5, 5.41) is 11.0. The van der Waals surface area contributed by atoms with Crippen molar-refractivity contribution in [2.45, 2.75) is 57.5 Å². The molecule has 3 aromatic carbocycles. The highest BCUT2D eigenvalue weighted by atomic mass is 16.7. The zero-order valence-electron chi connectivity index (χ0n) is 20.1. The van der Waals surface area contributed by atoms with Crippen LogP contribution in [0.1, 0.15) is 23.6 Å². The fraction of sp³-hybridized carbons (Fsp3) is 0.379. The van der Waals surface area contributed by atoms with Gasteiger partial charge in [-0.2, -0.15) is 0 Å². The Hall–Kier alpha value is -2.58. The van der Waals surface area contributed by atoms with Gasteiger partial charge in [0.15, 0.2) is 6.29 Å². The average Bonchev–Trinajstić information content (AvgIpc) is 3.21. The third kappa shape index (κ3) is 7.45. The lowest BCUT2D eigenvalue weighted by atomic mass is 10.1. The molecule has 6 nitrogen and oxygen atoms in total. The van der Waals surface area contributed by atoms with E-state index in [1.54, 1.807) is 0 Å². The summed E-state index contributed by atoms with van der Waals surface area (Å²) < 4.78 is 30.4. The van der Waals surface area contributed by atoms with Crippen LogP contribution in [0.4, 0.5) is 0 Å². The molecule has 0 spiro atoms. The van der Waals surface area contributed by atoms with Crippen LogP contribution in [-0.2, 0) is 43.5 Å². The molecule has 0 amide bonds. The molecule has 2 unspecified atom stereocenters. The summed E-state index contributed by atoms with van der Waals surface area (Å²) in [5.74, 6) is 0. The van der Waals surface area contributed by atoms with Crippen molar-refractivity contribution in [1.82, 2.24) is 0 Å². The van der Waals surface area contributed by atoms with E-state index >= 15 is 0 Å². The Labute approximate surface area is 207 Å². The second-order valence-corrected chi connectivity index (χ2v) is 8.51. The van der Waals surface area contributed by atoms with Crippen molar-refractivity contribution >= 4 is 0 Å². The molecule has 4 rings (SSSR count). The Morgan fingerprint density at radius 2 is 1.29 bits per heavy atom. The molecule has 0 bridgehead atoms. The average molecular weight is 479 g/mol. The number of aliphatic hydroxyl groups excluding tert-OH is 1. The molecule has 0 radical (unpaired) electrons. The zero-order chi connectivity index (χ0) is 24.3. The van der Waals surface area contributed by atoms with Gasteiger partial charge in [0.05, 0.1) is 26.4 Å². The van der Waals surface area contributed by atoms with E-state index in [9.17, 15) is 5.11 Å². The predicted molar refractivity (Wildman–Crippen MR) is 132 cm³/mol. The molecule has 6 heteroatoms. The summed E-state index contributed by atoms with van der Waals surface area (Å²) >= 11 is 0. The molecule has 1 fully saturated rings. The predicted octanol–water partition coefficient (Wildman–Crippen LogP) is 4.50. The number of hydrogen-bond donors (Lipinski definition) is 1. The molecular formula is C29H34O6. The van der Waals surface area contributed by atoms with Crippen LogP contribution in [0, 0.1) is 0 Å². The second kappa shape index (κ2) is 13.5. The van der Waals surface area contributed by atoms with Gasteiger partial charge in [0.1, 0.15) is 24.4 Å². The molecular weight excluding hydrogens is 444 g/mol. The molecule has 1 aliphatic heterocycles. The molecule has 1 aliphatic rings. The van der Waals surface area contributed by atoms with Gasteiger partial charge in [-0.05, 0) is 23.6 Å². The largest absolute Gasteiger partial charge is 0.385 e. The van der Waals surface area contributed by atoms with Gasteiger partial charge in [0.25, 0.3) is 0 Å². The lowest BCUT2D eigenvalue weighted by Gasteiger charge is -2.28. The fourth-order valence-electron chi connectivity index (χ4n) is 4.11. The second-order valence-electron chi connectivity index (χ2n) is 8.51. The first-order chi connectivity index (χ1) is 17.2. The van der Waals surface area contributed by atoms with Gasteiger partial charge >= 0.3 is 0 Å². The van der Waals surface area contributed by atoms with Crippen LogP contribution >= 0.6 is 0 Å². The standard InChI is InChI=1S/C29H34O6/c1-2-32-29-26(30)28(34-20-24-16-10-5-11-17-24)27(35-29)25(33-19-23-14-8-4-9-15-23)21-31-18-22-12-6-3-7-13-22/h3-17,25-30H,2,18-21H2,1H3/t25?,26-,27+,28?,29+/m0/s1. The van der Waals surface area contributed by atoms with Crippen LogP contribution in [0.5, 0.6) is 0 Å². The molecule has 186 valence electrons. The van der Waals surface area contributed by atoms with Crippen molar-refractivity contribution in [3.8, 4) is 0 Å². The Morgan fingerprint density at radius 1 is 0.743 bits per heavy atom. The highest BCUT2D eigenvalue weighted by Gasteiger charge is 2.49. The quantitative estimate of drug-likeness (QED) is 0.390. The number of hydrogen-bond acceptors (Lipinski definition) is 6. The van der Waals surface area contributed by atoms with Crippen molar-refractivity contribution in [1.29, 1.82) is 0 Å². The summed E-state index contributed by atoms with van der Waals surface area (Å²) in [6, 6.07) is 29.8. The SMILES string of the molecule is CCO[C@@H]1O[C@H](C(COCc2ccccc2)OCc2ccccc2)C(OCc2ccccc2)[C@@H]1O. The van der Waals surface area contributed by atoms with E-state index in [1.807, 2.05) is 97.9 Å². The maximum absolute atomic E-state index is 11.0. The van der Waals surface area contributed by atoms with Gasteiger partial charge in [-0.25, -0.2) is 0 Å². The molecule has 0 aliphatic carbocycles. The van der Waals surface area contributed by atoms with Crippen molar-refractivity contribution in [3.05, 3.63) is 108 Å². The van der Waals surface area contributed by atoms with Gasteiger partial charge in [0, 0.05) is 6.61 Å². The van der Waals surface area contributed by atoms with Crippen LogP contribution < -0.4 is 0 Å². The Morgan fingerprint density at radius 3 is 1.86 bits per heavy atom. The molecule has 3 aromatic rings. The molecule has 0 aromatic heterocycles. The molecule has 1 heterocycles. The number of rotatable bonds is 13. The Kier molecular flexibility index (Phi) is 9.84. The van der Waals surface area contributed by atoms with Crippen LogP contribution in [0.3, 0.4) is 0 Å². The zero-order valence-corrected chi connectivity index (χ0v) is 20.1. The molecule has 1 saturated heterocycles. The fourth-order valence-corrected chi connectivity index (χ4v) is 4.11. The van der Waals surface area contributed by atoms with Crippen LogP contribution in [0.2, 0.25) is 0 Å². The summed E-state index contributed by atoms with van der Waals surface area (Å²) in [7, 11) is 0. The van der Waals surface area contributed by atoms with Gasteiger partial charge in [-0.1, -0.05) is 91.0 Å². The first-order valence-corrected chi connectivity index (χ1v) is 12.1. The minimum Gasteiger partial charge on any atom is -0.385 e. The van der Waals surface area contributed by atoms with Gasteiger partial charge < -0.3 is 28.8 Å². The normalized spacial score (nSPS) is 22.8. The highest BCUT2D eigenvalue weighted by Crippen LogP contribution is 2.30. The molecule has 1 N–H and O–H groups in total. The maximum Gasteiger partial charge on any atom is 0.186 e. The van der Waals surface area contributed by atoms with E-state index in [-0.39, 0.29) is 6.61 Å². The van der Waals surface area contributed by atoms with Gasteiger partial charge in [-0.15, -0.1) is 0 Å². The number of aliphatic hydroxyl groups is 1. The van der Waals surface area contributed by atoms with Crippen LogP contribution in [0.15, 0.2) is 91.0 Å². The molecule has 5 atom stereocenters. The van der Waals surface area contributed by atoms with Crippen molar-refractivity contribution in [2.24, 2.45) is 0 Å².